The highest BCUT2D eigenvalue weighted by atomic mass is 16.5. The number of carbonyl (C=O) groups is 1. The molecule has 0 radical (unpaired) electrons. The topological polar surface area (TPSA) is 60.4 Å². The van der Waals surface area contributed by atoms with Gasteiger partial charge in [-0.1, -0.05) is 30.3 Å². The number of rotatable bonds is 6. The number of carbonyl (C=O) groups excluding carboxylic acids is 1. The van der Waals surface area contributed by atoms with Crippen LogP contribution in [0.4, 0.5) is 0 Å². The Hall–Kier alpha value is -2.12. The van der Waals surface area contributed by atoms with Crippen LogP contribution in [0.5, 0.6) is 0 Å². The van der Waals surface area contributed by atoms with E-state index in [1.165, 1.54) is 12.0 Å². The molecule has 2 aliphatic heterocycles. The third-order valence-electron chi connectivity index (χ3n) is 6.36. The first-order valence-corrected chi connectivity index (χ1v) is 11.4. The fourth-order valence-corrected chi connectivity index (χ4v) is 4.41. The number of ether oxygens (including phenoxy) is 1. The highest BCUT2D eigenvalue weighted by Gasteiger charge is 2.38. The van der Waals surface area contributed by atoms with E-state index in [4.69, 9.17) is 9.73 Å². The molecule has 1 aromatic carbocycles. The number of benzene rings is 1. The van der Waals surface area contributed by atoms with Crippen molar-refractivity contribution in [2.45, 2.75) is 19.3 Å². The Labute approximate surface area is 180 Å². The zero-order valence-electron chi connectivity index (χ0n) is 18.1. The zero-order chi connectivity index (χ0) is 20.8. The highest BCUT2D eigenvalue weighted by Crippen LogP contribution is 2.47. The lowest BCUT2D eigenvalue weighted by Crippen LogP contribution is -2.55. The molecule has 2 unspecified atom stereocenters. The number of nitrogens with one attached hydrogen (secondary N) is 1. The first kappa shape index (κ1) is 21.1. The molecule has 2 heterocycles. The zero-order valence-corrected chi connectivity index (χ0v) is 18.1. The Morgan fingerprint density at radius 1 is 1.07 bits per heavy atom. The molecule has 0 aromatic heterocycles. The molecule has 164 valence electrons. The summed E-state index contributed by atoms with van der Waals surface area (Å²) >= 11 is 0. The SMILES string of the molecule is CCNC(=NCC1CC1c1ccccc1)N1CCN(CC(=O)N2CCOCC2)CC1. The van der Waals surface area contributed by atoms with Gasteiger partial charge >= 0.3 is 0 Å². The minimum absolute atomic E-state index is 0.230. The van der Waals surface area contributed by atoms with E-state index in [1.54, 1.807) is 0 Å². The van der Waals surface area contributed by atoms with Gasteiger partial charge in [0.25, 0.3) is 0 Å². The van der Waals surface area contributed by atoms with Crippen LogP contribution >= 0.6 is 0 Å². The molecule has 2 saturated heterocycles. The third-order valence-corrected chi connectivity index (χ3v) is 6.36. The van der Waals surface area contributed by atoms with Crippen molar-refractivity contribution < 1.29 is 9.53 Å². The molecule has 0 spiro atoms. The molecule has 30 heavy (non-hydrogen) atoms. The molecule has 1 aliphatic carbocycles. The van der Waals surface area contributed by atoms with Crippen LogP contribution in [0.15, 0.2) is 35.3 Å². The minimum atomic E-state index is 0.230. The second kappa shape index (κ2) is 10.3. The van der Waals surface area contributed by atoms with Crippen LogP contribution in [-0.4, -0.2) is 98.7 Å². The minimum Gasteiger partial charge on any atom is -0.378 e. The molecule has 4 rings (SSSR count). The van der Waals surface area contributed by atoms with E-state index >= 15 is 0 Å². The van der Waals surface area contributed by atoms with Gasteiger partial charge in [-0.15, -0.1) is 0 Å². The second-order valence-electron chi connectivity index (χ2n) is 8.46. The number of piperazine rings is 1. The Morgan fingerprint density at radius 2 is 1.80 bits per heavy atom. The molecule has 3 aliphatic rings. The standard InChI is InChI=1S/C23H35N5O2/c1-2-24-23(25-17-20-16-21(20)19-6-4-3-5-7-19)28-10-8-26(9-11-28)18-22(29)27-12-14-30-15-13-27/h3-7,20-21H,2,8-18H2,1H3,(H,24,25). The molecule has 1 aromatic rings. The summed E-state index contributed by atoms with van der Waals surface area (Å²) in [7, 11) is 0. The maximum absolute atomic E-state index is 12.5. The lowest BCUT2D eigenvalue weighted by Gasteiger charge is -2.37. The fourth-order valence-electron chi connectivity index (χ4n) is 4.41. The number of aliphatic imine (C=N–C) groups is 1. The van der Waals surface area contributed by atoms with Crippen molar-refractivity contribution in [2.24, 2.45) is 10.9 Å². The van der Waals surface area contributed by atoms with E-state index in [0.29, 0.717) is 31.6 Å². The monoisotopic (exact) mass is 413 g/mol. The first-order chi connectivity index (χ1) is 14.7. The van der Waals surface area contributed by atoms with E-state index < -0.39 is 0 Å². The van der Waals surface area contributed by atoms with Gasteiger partial charge in [0.05, 0.1) is 19.8 Å². The van der Waals surface area contributed by atoms with Crippen LogP contribution in [0, 0.1) is 5.92 Å². The van der Waals surface area contributed by atoms with Gasteiger partial charge in [-0.2, -0.15) is 0 Å². The van der Waals surface area contributed by atoms with Gasteiger partial charge in [0.2, 0.25) is 5.91 Å². The van der Waals surface area contributed by atoms with Gasteiger partial charge < -0.3 is 19.9 Å². The molecule has 0 bridgehead atoms. The summed E-state index contributed by atoms with van der Waals surface area (Å²) in [5.74, 6) is 2.58. The summed E-state index contributed by atoms with van der Waals surface area (Å²) in [6.45, 7) is 10.8. The summed E-state index contributed by atoms with van der Waals surface area (Å²) in [6, 6.07) is 10.8. The van der Waals surface area contributed by atoms with Crippen molar-refractivity contribution in [3.8, 4) is 0 Å². The molecule has 1 amide bonds. The Balaban J connectivity index is 1.24. The number of nitrogens with zero attached hydrogens (tertiary/aromatic N) is 4. The van der Waals surface area contributed by atoms with Crippen molar-refractivity contribution in [2.75, 3.05) is 72.1 Å². The van der Waals surface area contributed by atoms with E-state index in [0.717, 1.165) is 58.3 Å². The van der Waals surface area contributed by atoms with Crippen LogP contribution in [0.2, 0.25) is 0 Å². The van der Waals surface area contributed by atoms with E-state index in [2.05, 4.69) is 52.4 Å². The smallest absolute Gasteiger partial charge is 0.236 e. The predicted molar refractivity (Wildman–Crippen MR) is 119 cm³/mol. The summed E-state index contributed by atoms with van der Waals surface area (Å²) in [6.07, 6.45) is 1.24. The van der Waals surface area contributed by atoms with Crippen molar-refractivity contribution >= 4 is 11.9 Å². The van der Waals surface area contributed by atoms with Crippen molar-refractivity contribution in [3.05, 3.63) is 35.9 Å². The van der Waals surface area contributed by atoms with Gasteiger partial charge in [-0.3, -0.25) is 14.7 Å². The lowest BCUT2D eigenvalue weighted by atomic mass is 10.1. The van der Waals surface area contributed by atoms with Crippen molar-refractivity contribution in [3.63, 3.8) is 0 Å². The van der Waals surface area contributed by atoms with Crippen LogP contribution in [0.3, 0.4) is 0 Å². The fraction of sp³-hybridized carbons (Fsp3) is 0.652. The maximum atomic E-state index is 12.5. The molecule has 3 fully saturated rings. The van der Waals surface area contributed by atoms with Crippen LogP contribution < -0.4 is 5.32 Å². The largest absolute Gasteiger partial charge is 0.378 e. The number of guanidine groups is 1. The molecular weight excluding hydrogens is 378 g/mol. The Kier molecular flexibility index (Phi) is 7.23. The third kappa shape index (κ3) is 5.52. The molecule has 2 atom stereocenters. The van der Waals surface area contributed by atoms with Gasteiger partial charge in [0.1, 0.15) is 0 Å². The highest BCUT2D eigenvalue weighted by molar-refractivity contribution is 5.80. The van der Waals surface area contributed by atoms with E-state index in [1.807, 2.05) is 4.90 Å². The van der Waals surface area contributed by atoms with Gasteiger partial charge in [0, 0.05) is 52.4 Å². The maximum Gasteiger partial charge on any atom is 0.236 e. The Bertz CT molecular complexity index is 712. The van der Waals surface area contributed by atoms with E-state index in [-0.39, 0.29) is 5.91 Å². The van der Waals surface area contributed by atoms with Crippen LogP contribution in [0.25, 0.3) is 0 Å². The molecule has 7 nitrogen and oxygen atoms in total. The average molecular weight is 414 g/mol. The summed E-state index contributed by atoms with van der Waals surface area (Å²) in [5.41, 5.74) is 1.45. The molecule has 1 saturated carbocycles. The normalized spacial score (nSPS) is 25.3. The van der Waals surface area contributed by atoms with Crippen LogP contribution in [-0.2, 0) is 9.53 Å². The molecular formula is C23H35N5O2. The van der Waals surface area contributed by atoms with Gasteiger partial charge in [-0.05, 0) is 30.7 Å². The van der Waals surface area contributed by atoms with Crippen LogP contribution in [0.1, 0.15) is 24.8 Å². The van der Waals surface area contributed by atoms with Gasteiger partial charge in [-0.25, -0.2) is 0 Å². The molecule has 7 heteroatoms. The van der Waals surface area contributed by atoms with E-state index in [9.17, 15) is 4.79 Å². The summed E-state index contributed by atoms with van der Waals surface area (Å²) < 4.78 is 5.34. The van der Waals surface area contributed by atoms with Crippen molar-refractivity contribution in [1.82, 2.24) is 20.0 Å². The summed E-state index contributed by atoms with van der Waals surface area (Å²) in [4.78, 5) is 24.0. The number of amides is 1. The quantitative estimate of drug-likeness (QED) is 0.562. The first-order valence-electron chi connectivity index (χ1n) is 11.4. The number of morpholine rings is 1. The number of hydrogen-bond acceptors (Lipinski definition) is 4. The predicted octanol–water partition coefficient (Wildman–Crippen LogP) is 1.23. The lowest BCUT2D eigenvalue weighted by molar-refractivity contribution is -0.136. The summed E-state index contributed by atoms with van der Waals surface area (Å²) in [5, 5.41) is 3.47. The second-order valence-corrected chi connectivity index (χ2v) is 8.46. The Morgan fingerprint density at radius 3 is 2.50 bits per heavy atom. The van der Waals surface area contributed by atoms with Gasteiger partial charge in [0.15, 0.2) is 5.96 Å². The number of hydrogen-bond donors (Lipinski definition) is 1. The van der Waals surface area contributed by atoms with Crippen molar-refractivity contribution in [1.29, 1.82) is 0 Å². The average Bonchev–Trinajstić information content (AvgIpc) is 3.58. The molecule has 1 N–H and O–H groups in total.